The molecule has 0 aliphatic rings. The number of ether oxygens (including phenoxy) is 3. The maximum Gasteiger partial charge on any atom is 0.343 e. The Labute approximate surface area is 282 Å². The number of rotatable bonds is 10. The lowest BCUT2D eigenvalue weighted by Gasteiger charge is -2.13. The van der Waals surface area contributed by atoms with E-state index in [2.05, 4.69) is 31.4 Å². The molecule has 1 amide bonds. The van der Waals surface area contributed by atoms with Crippen LogP contribution in [0.25, 0.3) is 22.0 Å². The summed E-state index contributed by atoms with van der Waals surface area (Å²) >= 11 is 22.7. The molecule has 2 N–H and O–H groups in total. The van der Waals surface area contributed by atoms with Crippen molar-refractivity contribution >= 4 is 79.7 Å². The molecule has 8 nitrogen and oxygen atoms in total. The number of nitrogens with zero attached hydrogens (tertiary/aromatic N) is 1. The second-order valence-electron chi connectivity index (χ2n) is 9.46. The van der Waals surface area contributed by atoms with Crippen LogP contribution < -0.4 is 19.6 Å². The molecular formula is C33H25BrCl3N3O5. The van der Waals surface area contributed by atoms with Crippen molar-refractivity contribution in [3.8, 4) is 28.4 Å². The van der Waals surface area contributed by atoms with E-state index in [0.29, 0.717) is 71.8 Å². The minimum atomic E-state index is -0.613. The van der Waals surface area contributed by atoms with E-state index in [1.54, 1.807) is 66.7 Å². The number of amides is 1. The number of nitrogens with one attached hydrogen (secondary N) is 2. The van der Waals surface area contributed by atoms with Gasteiger partial charge in [0.05, 0.1) is 30.0 Å². The molecule has 1 heterocycles. The Morgan fingerprint density at radius 3 is 2.38 bits per heavy atom. The zero-order valence-corrected chi connectivity index (χ0v) is 27.8. The molecule has 0 unspecified atom stereocenters. The number of carbonyl (C=O) groups excluding carboxylic acids is 2. The molecule has 0 fully saturated rings. The van der Waals surface area contributed by atoms with Gasteiger partial charge in [0.2, 0.25) is 0 Å². The molecule has 45 heavy (non-hydrogen) atoms. The molecule has 0 spiro atoms. The first-order valence-corrected chi connectivity index (χ1v) is 15.6. The molecule has 12 heteroatoms. The predicted molar refractivity (Wildman–Crippen MR) is 182 cm³/mol. The summed E-state index contributed by atoms with van der Waals surface area (Å²) in [7, 11) is 0. The van der Waals surface area contributed by atoms with Crippen LogP contribution in [-0.2, 0) is 0 Å². The third-order valence-electron chi connectivity index (χ3n) is 6.51. The van der Waals surface area contributed by atoms with Crippen molar-refractivity contribution in [3.05, 3.63) is 109 Å². The van der Waals surface area contributed by atoms with E-state index in [0.717, 1.165) is 0 Å². The van der Waals surface area contributed by atoms with Crippen LogP contribution in [0.5, 0.6) is 17.2 Å². The molecule has 1 aromatic heterocycles. The fourth-order valence-corrected chi connectivity index (χ4v) is 5.82. The lowest BCUT2D eigenvalue weighted by molar-refractivity contribution is 0.0733. The molecule has 0 saturated heterocycles. The van der Waals surface area contributed by atoms with Crippen LogP contribution in [0.15, 0.2) is 82.4 Å². The fraction of sp³-hybridized carbons (Fsp3) is 0.121. The first kappa shape index (κ1) is 32.4. The molecule has 5 rings (SSSR count). The quantitative estimate of drug-likeness (QED) is 0.0646. The number of esters is 1. The van der Waals surface area contributed by atoms with Crippen LogP contribution in [0.4, 0.5) is 0 Å². The van der Waals surface area contributed by atoms with Gasteiger partial charge in [-0.2, -0.15) is 5.10 Å². The van der Waals surface area contributed by atoms with Gasteiger partial charge in [-0.3, -0.25) is 4.79 Å². The zero-order chi connectivity index (χ0) is 32.1. The molecule has 0 atom stereocenters. The topological polar surface area (TPSA) is 102 Å². The summed E-state index contributed by atoms with van der Waals surface area (Å²) in [6, 6.07) is 20.2. The van der Waals surface area contributed by atoms with E-state index >= 15 is 0 Å². The minimum absolute atomic E-state index is 0.181. The van der Waals surface area contributed by atoms with Crippen molar-refractivity contribution in [2.45, 2.75) is 13.8 Å². The standard InChI is InChI=1S/C33H25BrCl3N3O5/c1-3-43-27-11-9-18(14-28(27)44-4-2)33(42)45-26-12-10-20(34)13-19(26)17-38-40-32(41)31-29(22-7-5-6-8-23(22)36)30-24(37)15-21(35)16-25(30)39-31/h5-17,39H,3-4H2,1-2H3,(H,40,41). The molecule has 0 aliphatic carbocycles. The van der Waals surface area contributed by atoms with E-state index in [1.165, 1.54) is 6.21 Å². The smallest absolute Gasteiger partial charge is 0.343 e. The van der Waals surface area contributed by atoms with Crippen LogP contribution in [0.1, 0.15) is 40.3 Å². The van der Waals surface area contributed by atoms with Crippen molar-refractivity contribution in [1.29, 1.82) is 0 Å². The van der Waals surface area contributed by atoms with Gasteiger partial charge in [0.15, 0.2) is 11.5 Å². The molecule has 0 radical (unpaired) electrons. The highest BCUT2D eigenvalue weighted by Gasteiger charge is 2.23. The first-order valence-electron chi connectivity index (χ1n) is 13.7. The van der Waals surface area contributed by atoms with Gasteiger partial charge in [-0.05, 0) is 68.4 Å². The highest BCUT2D eigenvalue weighted by molar-refractivity contribution is 9.10. The number of aromatic nitrogens is 1. The molecule has 0 bridgehead atoms. The summed E-state index contributed by atoms with van der Waals surface area (Å²) < 4.78 is 17.6. The van der Waals surface area contributed by atoms with Crippen LogP contribution in [0.3, 0.4) is 0 Å². The molecule has 230 valence electrons. The minimum Gasteiger partial charge on any atom is -0.490 e. The van der Waals surface area contributed by atoms with Crippen molar-refractivity contribution in [3.63, 3.8) is 0 Å². The number of aromatic amines is 1. The highest BCUT2D eigenvalue weighted by Crippen LogP contribution is 2.41. The van der Waals surface area contributed by atoms with Gasteiger partial charge in [-0.25, -0.2) is 10.2 Å². The summed E-state index contributed by atoms with van der Waals surface area (Å²) in [5.74, 6) is 0.0118. The van der Waals surface area contributed by atoms with E-state index in [-0.39, 0.29) is 17.0 Å². The average Bonchev–Trinajstić information content (AvgIpc) is 3.39. The third-order valence-corrected chi connectivity index (χ3v) is 7.85. The molecular weight excluding hydrogens is 705 g/mol. The highest BCUT2D eigenvalue weighted by atomic mass is 79.9. The fourth-order valence-electron chi connectivity index (χ4n) is 4.62. The second kappa shape index (κ2) is 14.4. The molecule has 0 saturated carbocycles. The van der Waals surface area contributed by atoms with Crippen LogP contribution in [-0.4, -0.2) is 36.3 Å². The number of hydrogen-bond acceptors (Lipinski definition) is 6. The number of H-pyrrole nitrogens is 1. The first-order chi connectivity index (χ1) is 21.7. The number of benzene rings is 4. The van der Waals surface area contributed by atoms with E-state index in [9.17, 15) is 9.59 Å². The maximum atomic E-state index is 13.5. The van der Waals surface area contributed by atoms with Gasteiger partial charge < -0.3 is 19.2 Å². The lowest BCUT2D eigenvalue weighted by Crippen LogP contribution is -2.19. The second-order valence-corrected chi connectivity index (χ2v) is 11.6. The summed E-state index contributed by atoms with van der Waals surface area (Å²) in [5.41, 5.74) is 5.07. The van der Waals surface area contributed by atoms with Crippen molar-refractivity contribution in [2.24, 2.45) is 5.10 Å². The van der Waals surface area contributed by atoms with Crippen LogP contribution >= 0.6 is 50.7 Å². The Morgan fingerprint density at radius 1 is 0.889 bits per heavy atom. The van der Waals surface area contributed by atoms with Crippen LogP contribution in [0.2, 0.25) is 15.1 Å². The number of hydrogen-bond donors (Lipinski definition) is 2. The van der Waals surface area contributed by atoms with Gasteiger partial charge in [0, 0.05) is 42.1 Å². The number of halogens is 4. The van der Waals surface area contributed by atoms with E-state index in [1.807, 2.05) is 19.9 Å². The Bertz CT molecular complexity index is 1940. The Balaban J connectivity index is 1.42. The van der Waals surface area contributed by atoms with Crippen molar-refractivity contribution in [2.75, 3.05) is 13.2 Å². The molecule has 4 aromatic carbocycles. The molecule has 0 aliphatic heterocycles. The third kappa shape index (κ3) is 7.28. The predicted octanol–water partition coefficient (Wildman–Crippen LogP) is 9.34. The van der Waals surface area contributed by atoms with Crippen molar-refractivity contribution < 1.29 is 23.8 Å². The number of hydrazone groups is 1. The van der Waals surface area contributed by atoms with Gasteiger partial charge >= 0.3 is 5.97 Å². The monoisotopic (exact) mass is 727 g/mol. The van der Waals surface area contributed by atoms with Gasteiger partial charge in [0.25, 0.3) is 5.91 Å². The van der Waals surface area contributed by atoms with Crippen LogP contribution in [0, 0.1) is 0 Å². The van der Waals surface area contributed by atoms with Gasteiger partial charge in [-0.1, -0.05) is 68.9 Å². The van der Waals surface area contributed by atoms with E-state index in [4.69, 9.17) is 49.0 Å². The largest absolute Gasteiger partial charge is 0.490 e. The SMILES string of the molecule is CCOc1ccc(C(=O)Oc2ccc(Br)cc2C=NNC(=O)c2[nH]c3cc(Cl)cc(Cl)c3c2-c2ccccc2Cl)cc1OCC. The zero-order valence-electron chi connectivity index (χ0n) is 23.9. The summed E-state index contributed by atoms with van der Waals surface area (Å²) in [6.45, 7) is 4.55. The normalized spacial score (nSPS) is 11.2. The van der Waals surface area contributed by atoms with Crippen molar-refractivity contribution in [1.82, 2.24) is 10.4 Å². The Morgan fingerprint density at radius 2 is 1.62 bits per heavy atom. The Kier molecular flexibility index (Phi) is 10.4. The number of carbonyl (C=O) groups is 2. The summed E-state index contributed by atoms with van der Waals surface area (Å²) in [6.07, 6.45) is 1.37. The molecule has 5 aromatic rings. The lowest BCUT2D eigenvalue weighted by atomic mass is 10.0. The maximum absolute atomic E-state index is 13.5. The number of fused-ring (bicyclic) bond motifs is 1. The average molecular weight is 730 g/mol. The van der Waals surface area contributed by atoms with Gasteiger partial charge in [-0.15, -0.1) is 0 Å². The summed E-state index contributed by atoms with van der Waals surface area (Å²) in [5, 5.41) is 5.93. The summed E-state index contributed by atoms with van der Waals surface area (Å²) in [4.78, 5) is 29.7. The van der Waals surface area contributed by atoms with E-state index < -0.39 is 11.9 Å². The van der Waals surface area contributed by atoms with Gasteiger partial charge in [0.1, 0.15) is 11.4 Å². The Hall–Kier alpha value is -4.02.